The van der Waals surface area contributed by atoms with Crippen LogP contribution in [0.5, 0.6) is 0 Å². The molecule has 1 fully saturated rings. The van der Waals surface area contributed by atoms with Gasteiger partial charge in [-0.3, -0.25) is 4.79 Å². The first kappa shape index (κ1) is 25.6. The van der Waals surface area contributed by atoms with Crippen LogP contribution in [-0.2, 0) is 25.8 Å². The smallest absolute Gasteiger partial charge is 0.485 e. The standard InChI is InChI=1S/C13H13OS.C2H6.CHF3O3S/c1-2-3-4-5-6-9-13(14)12-15-10-7-8-11-15;1-2;2-1(3,4)8(5,6)7/h7-8,10-12H2,1H3;1-2H3;(H,5,6,7)/q+1;;/p-1. The van der Waals surface area contributed by atoms with E-state index in [1.807, 2.05) is 13.8 Å². The van der Waals surface area contributed by atoms with E-state index in [1.54, 1.807) is 6.92 Å². The summed E-state index contributed by atoms with van der Waals surface area (Å²) < 4.78 is 58.9. The summed E-state index contributed by atoms with van der Waals surface area (Å²) in [6.07, 6.45) is 2.55. The Morgan fingerprint density at radius 1 is 1.08 bits per heavy atom. The van der Waals surface area contributed by atoms with Gasteiger partial charge in [0.05, 0.1) is 0 Å². The largest absolute Gasteiger partial charge is 0.741 e. The van der Waals surface area contributed by atoms with Gasteiger partial charge >= 0.3 is 5.51 Å². The van der Waals surface area contributed by atoms with Gasteiger partial charge in [0.1, 0.15) is 11.5 Å². The highest BCUT2D eigenvalue weighted by atomic mass is 32.2. The Bertz CT molecular complexity index is 687. The number of ketones is 1. The van der Waals surface area contributed by atoms with E-state index in [4.69, 9.17) is 13.0 Å². The van der Waals surface area contributed by atoms with E-state index in [1.165, 1.54) is 24.3 Å². The Morgan fingerprint density at radius 3 is 1.92 bits per heavy atom. The summed E-state index contributed by atoms with van der Waals surface area (Å²) in [5, 5.41) is 0. The third kappa shape index (κ3) is 14.4. The fraction of sp³-hybridized carbons (Fsp3) is 0.562. The summed E-state index contributed by atoms with van der Waals surface area (Å²) in [4.78, 5) is 11.4. The second kappa shape index (κ2) is 13.7. The zero-order valence-corrected chi connectivity index (χ0v) is 15.8. The first-order valence-corrected chi connectivity index (χ1v) is 10.3. The zero-order chi connectivity index (χ0) is 19.9. The van der Waals surface area contributed by atoms with Gasteiger partial charge in [0.2, 0.25) is 0 Å². The summed E-state index contributed by atoms with van der Waals surface area (Å²) >= 11 is 0. The summed E-state index contributed by atoms with van der Waals surface area (Å²) in [6, 6.07) is 0. The van der Waals surface area contributed by atoms with E-state index in [2.05, 4.69) is 35.5 Å². The molecular formula is C16H19F3O4S2. The molecule has 0 unspecified atom stereocenters. The molecule has 0 saturated carbocycles. The topological polar surface area (TPSA) is 74.3 Å². The zero-order valence-electron chi connectivity index (χ0n) is 14.1. The number of hydrogen-bond donors (Lipinski definition) is 0. The van der Waals surface area contributed by atoms with Gasteiger partial charge < -0.3 is 4.55 Å². The lowest BCUT2D eigenvalue weighted by molar-refractivity contribution is -0.111. The minimum atomic E-state index is -6.09. The van der Waals surface area contributed by atoms with Crippen LogP contribution in [0.4, 0.5) is 13.2 Å². The molecule has 0 bridgehead atoms. The van der Waals surface area contributed by atoms with Gasteiger partial charge in [-0.05, 0) is 60.3 Å². The van der Waals surface area contributed by atoms with Crippen LogP contribution >= 0.6 is 0 Å². The Kier molecular flexibility index (Phi) is 14.0. The molecule has 1 aliphatic heterocycles. The van der Waals surface area contributed by atoms with Crippen LogP contribution in [0.3, 0.4) is 0 Å². The molecule has 0 atom stereocenters. The number of carbonyl (C=O) groups is 1. The van der Waals surface area contributed by atoms with E-state index in [0.717, 1.165) is 0 Å². The molecule has 0 aromatic rings. The first-order valence-electron chi connectivity index (χ1n) is 7.19. The van der Waals surface area contributed by atoms with E-state index in [0.29, 0.717) is 16.6 Å². The Hall–Kier alpha value is -1.60. The van der Waals surface area contributed by atoms with Crippen molar-refractivity contribution in [2.75, 3.05) is 17.3 Å². The molecule has 0 spiro atoms. The molecule has 0 N–H and O–H groups in total. The van der Waals surface area contributed by atoms with Crippen LogP contribution in [-0.4, -0.2) is 41.5 Å². The molecule has 0 aromatic carbocycles. The molecule has 1 heterocycles. The van der Waals surface area contributed by atoms with Gasteiger partial charge in [-0.15, -0.1) is 0 Å². The average molecular weight is 396 g/mol. The maximum atomic E-state index is 11.4. The number of alkyl halides is 3. The van der Waals surface area contributed by atoms with Crippen LogP contribution < -0.4 is 0 Å². The van der Waals surface area contributed by atoms with Gasteiger partial charge in [-0.1, -0.05) is 19.8 Å². The van der Waals surface area contributed by atoms with Crippen LogP contribution in [0.1, 0.15) is 33.6 Å². The first-order chi connectivity index (χ1) is 11.6. The molecule has 1 rings (SSSR count). The van der Waals surface area contributed by atoms with Crippen molar-refractivity contribution in [3.8, 4) is 35.5 Å². The molecule has 0 radical (unpaired) electrons. The van der Waals surface area contributed by atoms with Crippen molar-refractivity contribution < 1.29 is 30.9 Å². The minimum Gasteiger partial charge on any atom is -0.741 e. The number of Topliss-reactive ketones (excluding diaryl/α,β-unsaturated/α-hetero) is 1. The van der Waals surface area contributed by atoms with Crippen molar-refractivity contribution in [1.29, 1.82) is 0 Å². The monoisotopic (exact) mass is 396 g/mol. The summed E-state index contributed by atoms with van der Waals surface area (Å²) in [5.41, 5.74) is -5.65. The maximum Gasteiger partial charge on any atom is 0.485 e. The number of hydrogen-bond acceptors (Lipinski definition) is 4. The average Bonchev–Trinajstić information content (AvgIpc) is 3.00. The van der Waals surface area contributed by atoms with Gasteiger partial charge in [0.25, 0.3) is 5.78 Å². The number of carbonyl (C=O) groups excluding carboxylic acids is 1. The Morgan fingerprint density at radius 2 is 1.52 bits per heavy atom. The third-order valence-electron chi connectivity index (χ3n) is 2.25. The lowest BCUT2D eigenvalue weighted by Gasteiger charge is -2.08. The van der Waals surface area contributed by atoms with Crippen LogP contribution in [0.25, 0.3) is 0 Å². The van der Waals surface area contributed by atoms with Crippen molar-refractivity contribution in [3.05, 3.63) is 0 Å². The lowest BCUT2D eigenvalue weighted by Crippen LogP contribution is -2.21. The van der Waals surface area contributed by atoms with Crippen LogP contribution in [0.2, 0.25) is 0 Å². The SMILES string of the molecule is CC.CC#CC#CC#CC(=O)C[S+]1CCCC1.O=S(=O)([O-])C(F)(F)F. The summed E-state index contributed by atoms with van der Waals surface area (Å²) in [5.74, 6) is 18.5. The van der Waals surface area contributed by atoms with Gasteiger partial charge in [-0.25, -0.2) is 8.42 Å². The second-order valence-corrected chi connectivity index (χ2v) is 7.77. The fourth-order valence-electron chi connectivity index (χ4n) is 1.31. The minimum absolute atomic E-state index is 0.0268. The molecule has 9 heteroatoms. The van der Waals surface area contributed by atoms with Crippen LogP contribution in [0, 0.1) is 35.5 Å². The van der Waals surface area contributed by atoms with E-state index in [9.17, 15) is 18.0 Å². The van der Waals surface area contributed by atoms with Crippen molar-refractivity contribution in [2.45, 2.75) is 39.1 Å². The predicted molar refractivity (Wildman–Crippen MR) is 92.3 cm³/mol. The normalized spacial score (nSPS) is 13.1. The van der Waals surface area contributed by atoms with Gasteiger partial charge in [0, 0.05) is 0 Å². The Balaban J connectivity index is 0. The number of rotatable bonds is 2. The predicted octanol–water partition coefficient (Wildman–Crippen LogP) is 2.08. The highest BCUT2D eigenvalue weighted by Gasteiger charge is 2.36. The van der Waals surface area contributed by atoms with E-state index in [-0.39, 0.29) is 5.78 Å². The molecule has 4 nitrogen and oxygen atoms in total. The number of halogens is 3. The molecular weight excluding hydrogens is 377 g/mol. The summed E-state index contributed by atoms with van der Waals surface area (Å²) in [7, 11) is -5.78. The summed E-state index contributed by atoms with van der Waals surface area (Å²) in [6.45, 7) is 5.72. The molecule has 1 saturated heterocycles. The van der Waals surface area contributed by atoms with Crippen molar-refractivity contribution >= 4 is 26.8 Å². The molecule has 140 valence electrons. The third-order valence-corrected chi connectivity index (χ3v) is 5.22. The molecule has 25 heavy (non-hydrogen) atoms. The van der Waals surface area contributed by atoms with Crippen molar-refractivity contribution in [2.24, 2.45) is 0 Å². The van der Waals surface area contributed by atoms with Gasteiger partial charge in [-0.2, -0.15) is 13.2 Å². The molecule has 0 aliphatic carbocycles. The van der Waals surface area contributed by atoms with Crippen molar-refractivity contribution in [3.63, 3.8) is 0 Å². The van der Waals surface area contributed by atoms with Crippen LogP contribution in [0.15, 0.2) is 0 Å². The maximum absolute atomic E-state index is 11.4. The second-order valence-electron chi connectivity index (χ2n) is 4.07. The highest BCUT2D eigenvalue weighted by molar-refractivity contribution is 7.97. The lowest BCUT2D eigenvalue weighted by atomic mass is 10.4. The molecule has 0 aromatic heterocycles. The highest BCUT2D eigenvalue weighted by Crippen LogP contribution is 2.20. The van der Waals surface area contributed by atoms with E-state index < -0.39 is 15.6 Å². The van der Waals surface area contributed by atoms with Gasteiger partial charge in [0.15, 0.2) is 15.9 Å². The van der Waals surface area contributed by atoms with Crippen molar-refractivity contribution in [1.82, 2.24) is 0 Å². The fourth-order valence-corrected chi connectivity index (χ4v) is 3.47. The Labute approximate surface area is 150 Å². The quantitative estimate of drug-likeness (QED) is 0.236. The van der Waals surface area contributed by atoms with E-state index >= 15 is 0 Å². The molecule has 0 amide bonds. The molecule has 1 aliphatic rings.